The third-order valence-corrected chi connectivity index (χ3v) is 6.24. The fourth-order valence-electron chi connectivity index (χ4n) is 4.87. The van der Waals surface area contributed by atoms with Gasteiger partial charge in [-0.05, 0) is 19.1 Å². The normalized spacial score (nSPS) is 27.7. The number of fused-ring (bicyclic) bond motifs is 1. The Morgan fingerprint density at radius 3 is 2.21 bits per heavy atom. The van der Waals surface area contributed by atoms with Crippen molar-refractivity contribution in [1.29, 1.82) is 0 Å². The summed E-state index contributed by atoms with van der Waals surface area (Å²) in [5.74, 6) is 0.235. The van der Waals surface area contributed by atoms with E-state index in [0.717, 1.165) is 0 Å². The summed E-state index contributed by atoms with van der Waals surface area (Å²) in [6, 6.07) is 8.37. The monoisotopic (exact) mass is 297 g/mol. The number of nitrogens with zero attached hydrogens (tertiary/aromatic N) is 2. The highest BCUT2D eigenvalue weighted by molar-refractivity contribution is 7.76. The molecule has 12 heteroatoms. The Labute approximate surface area is 155 Å². The highest BCUT2D eigenvalue weighted by Gasteiger charge is 2.72. The van der Waals surface area contributed by atoms with Crippen LogP contribution in [-0.4, -0.2) is 85.2 Å². The molecule has 24 heavy (non-hydrogen) atoms. The van der Waals surface area contributed by atoms with E-state index >= 15 is 0 Å². The van der Waals surface area contributed by atoms with E-state index in [1.165, 1.54) is 11.4 Å². The molecule has 0 saturated carbocycles. The van der Waals surface area contributed by atoms with Gasteiger partial charge in [-0.2, -0.15) is 0 Å². The van der Waals surface area contributed by atoms with E-state index in [1.807, 2.05) is 0 Å². The third kappa shape index (κ3) is 2.31. The van der Waals surface area contributed by atoms with E-state index in [0.29, 0.717) is 0 Å². The zero-order valence-electron chi connectivity index (χ0n) is 14.6. The van der Waals surface area contributed by atoms with Gasteiger partial charge in [-0.25, -0.2) is 0 Å². The van der Waals surface area contributed by atoms with E-state index < -0.39 is 18.0 Å². The number of anilines is 2. The van der Waals surface area contributed by atoms with Gasteiger partial charge in [0, 0.05) is 77.9 Å². The number of para-hydroxylation sites is 2. The van der Waals surface area contributed by atoms with Crippen LogP contribution in [0.15, 0.2) is 24.3 Å². The Balaban J connectivity index is 2.04. The smallest absolute Gasteiger partial charge is 0.247 e. The quantitative estimate of drug-likeness (QED) is 0.644. The van der Waals surface area contributed by atoms with Crippen molar-refractivity contribution in [2.75, 3.05) is 16.8 Å². The van der Waals surface area contributed by atoms with Crippen molar-refractivity contribution in [1.82, 2.24) is 0 Å². The average molecular weight is 295 g/mol. The molecule has 0 amide bonds. The van der Waals surface area contributed by atoms with Gasteiger partial charge in [-0.1, -0.05) is 24.9 Å². The summed E-state index contributed by atoms with van der Waals surface area (Å²) >= 11 is 0. The molecule has 103 valence electrons. The number of rotatable bonds is 5. The molecule has 2 aliphatic rings. The van der Waals surface area contributed by atoms with E-state index in [2.05, 4.69) is 54.9 Å². The Morgan fingerprint density at radius 2 is 1.71 bits per heavy atom. The van der Waals surface area contributed by atoms with Crippen molar-refractivity contribution in [2.45, 2.75) is 30.9 Å². The van der Waals surface area contributed by atoms with Gasteiger partial charge >= 0.3 is 0 Å². The van der Waals surface area contributed by atoms with Crippen molar-refractivity contribution < 1.29 is 0 Å². The predicted octanol–water partition coefficient (Wildman–Crippen LogP) is -0.989. The Bertz CT molecular complexity index is 615. The summed E-state index contributed by atoms with van der Waals surface area (Å²) in [4.78, 5) is 4.66. The minimum absolute atomic E-state index is 0.137. The molecule has 1 fully saturated rings. The lowest BCUT2D eigenvalue weighted by atomic mass is 8.73. The van der Waals surface area contributed by atoms with Gasteiger partial charge in [0.2, 0.25) is 6.85 Å². The molecule has 2 unspecified atom stereocenters. The molecule has 0 spiro atoms. The highest BCUT2D eigenvalue weighted by atomic mass is 15.4. The maximum atomic E-state index is 6.25. The fraction of sp³-hybridized carbons (Fsp3) is 0.500. The van der Waals surface area contributed by atoms with E-state index in [9.17, 15) is 0 Å². The first kappa shape index (κ1) is 18.3. The first-order valence-corrected chi connectivity index (χ1v) is 8.47. The molecular formula is C12H15B10N2. The Hall–Kier alpha value is -0.531. The molecule has 2 aliphatic heterocycles. The van der Waals surface area contributed by atoms with Crippen LogP contribution in [0.1, 0.15) is 13.8 Å². The maximum absolute atomic E-state index is 6.25. The van der Waals surface area contributed by atoms with Gasteiger partial charge in [0.1, 0.15) is 0 Å². The average Bonchev–Trinajstić information content (AvgIpc) is 3.05. The molecule has 0 aliphatic carbocycles. The van der Waals surface area contributed by atoms with Crippen LogP contribution >= 0.6 is 0 Å². The molecule has 11 radical (unpaired) electrons. The van der Waals surface area contributed by atoms with E-state index in [4.69, 9.17) is 38.7 Å². The van der Waals surface area contributed by atoms with Crippen LogP contribution in [-0.2, 0) is 0 Å². The lowest BCUT2D eigenvalue weighted by Gasteiger charge is -2.36. The molecule has 0 bridgehead atoms. The number of hydrogen-bond acceptors (Lipinski definition) is 2. The third-order valence-electron chi connectivity index (χ3n) is 6.24. The second-order valence-corrected chi connectivity index (χ2v) is 7.19. The summed E-state index contributed by atoms with van der Waals surface area (Å²) < 4.78 is 0. The zero-order valence-corrected chi connectivity index (χ0v) is 14.6. The van der Waals surface area contributed by atoms with Crippen LogP contribution in [0, 0.1) is 0 Å². The van der Waals surface area contributed by atoms with Crippen molar-refractivity contribution in [3.05, 3.63) is 24.3 Å². The number of hydrogen-bond donors (Lipinski definition) is 0. The van der Waals surface area contributed by atoms with Crippen LogP contribution in [0.2, 0.25) is 10.9 Å². The summed E-state index contributed by atoms with van der Waals surface area (Å²) in [5.41, 5.74) is 2.39. The lowest BCUT2D eigenvalue weighted by Crippen LogP contribution is -2.57. The second-order valence-electron chi connectivity index (χ2n) is 7.19. The summed E-state index contributed by atoms with van der Waals surface area (Å²) in [6.07, 6.45) is -0.397. The zero-order chi connectivity index (χ0) is 17.8. The minimum Gasteiger partial charge on any atom is -0.396 e. The molecule has 1 saturated heterocycles. The Morgan fingerprint density at radius 1 is 1.12 bits per heavy atom. The SMILES string of the molecule is [B][B]B(B([B])[B])C1(B([B])[B])B(N2c3ccccc3N(C)[C@@H]2C)C1C. The predicted molar refractivity (Wildman–Crippen MR) is 116 cm³/mol. The van der Waals surface area contributed by atoms with Crippen LogP contribution in [0.5, 0.6) is 0 Å². The standard InChI is InChI=1S/C12H15B10N2/c1-8-12(20(14)15,21(18-13)22(16)17)19(8)24-9(2)23(3)10-6-4-5-7-11(10)24/h4-9H,1-3H3/t8?,9-,12?/m0/s1. The van der Waals surface area contributed by atoms with Gasteiger partial charge in [-0.3, -0.25) is 0 Å². The van der Waals surface area contributed by atoms with Crippen LogP contribution in [0.3, 0.4) is 0 Å². The van der Waals surface area contributed by atoms with Gasteiger partial charge in [-0.15, -0.1) is 5.11 Å². The molecule has 0 aromatic heterocycles. The van der Waals surface area contributed by atoms with Crippen molar-refractivity contribution in [2.24, 2.45) is 0 Å². The highest BCUT2D eigenvalue weighted by Crippen LogP contribution is 2.68. The summed E-state index contributed by atoms with van der Waals surface area (Å²) in [6.45, 7) is 3.67. The molecule has 1 aromatic rings. The largest absolute Gasteiger partial charge is 0.396 e. The van der Waals surface area contributed by atoms with E-state index in [1.54, 1.807) is 7.06 Å². The van der Waals surface area contributed by atoms with Gasteiger partial charge in [0.25, 0.3) is 0 Å². The fourth-order valence-corrected chi connectivity index (χ4v) is 4.87. The van der Waals surface area contributed by atoms with E-state index in [-0.39, 0.29) is 25.3 Å². The molecule has 1 aromatic carbocycles. The van der Waals surface area contributed by atoms with Crippen LogP contribution in [0.25, 0.3) is 0 Å². The molecule has 3 rings (SSSR count). The molecule has 2 heterocycles. The second kappa shape index (κ2) is 6.32. The Kier molecular flexibility index (Phi) is 4.81. The van der Waals surface area contributed by atoms with Gasteiger partial charge in [0.15, 0.2) is 0 Å². The van der Waals surface area contributed by atoms with Crippen molar-refractivity contribution >= 4 is 83.3 Å². The molecule has 0 N–H and O–H groups in total. The first-order chi connectivity index (χ1) is 11.3. The van der Waals surface area contributed by atoms with Crippen molar-refractivity contribution in [3.8, 4) is 0 Å². The summed E-state index contributed by atoms with van der Waals surface area (Å²) in [5, 5.41) is -0.435. The minimum atomic E-state index is -0.595. The first-order valence-electron chi connectivity index (χ1n) is 8.47. The van der Waals surface area contributed by atoms with Crippen molar-refractivity contribution in [3.63, 3.8) is 0 Å². The lowest BCUT2D eigenvalue weighted by molar-refractivity contribution is 0.755. The molecular weight excluding hydrogens is 280 g/mol. The molecule has 2 nitrogen and oxygen atoms in total. The van der Waals surface area contributed by atoms with Crippen LogP contribution in [0.4, 0.5) is 11.4 Å². The van der Waals surface area contributed by atoms with Gasteiger partial charge in [0.05, 0.1) is 11.9 Å². The number of benzene rings is 1. The topological polar surface area (TPSA) is 6.48 Å². The van der Waals surface area contributed by atoms with Crippen LogP contribution < -0.4 is 9.71 Å². The van der Waals surface area contributed by atoms with Gasteiger partial charge < -0.3 is 9.71 Å². The maximum Gasteiger partial charge on any atom is 0.247 e. The molecule has 3 atom stereocenters. The summed E-state index contributed by atoms with van der Waals surface area (Å²) in [7, 11) is 34.1.